The summed E-state index contributed by atoms with van der Waals surface area (Å²) in [5.74, 6) is 1.88. The zero-order chi connectivity index (χ0) is 20.4. The molecule has 4 rings (SSSR count). The first kappa shape index (κ1) is 19.2. The number of nitrogen functional groups attached to an aromatic ring is 1. The number of aromatic nitrogens is 2. The van der Waals surface area contributed by atoms with Crippen molar-refractivity contribution in [3.8, 4) is 11.3 Å². The van der Waals surface area contributed by atoms with Crippen molar-refractivity contribution in [1.82, 2.24) is 14.9 Å². The van der Waals surface area contributed by atoms with Crippen LogP contribution in [0, 0.1) is 0 Å². The molecule has 0 radical (unpaired) electrons. The van der Waals surface area contributed by atoms with E-state index in [9.17, 15) is 4.79 Å². The highest BCUT2D eigenvalue weighted by Crippen LogP contribution is 2.29. The van der Waals surface area contributed by atoms with Gasteiger partial charge in [-0.1, -0.05) is 32.0 Å². The van der Waals surface area contributed by atoms with Crippen LogP contribution >= 0.6 is 0 Å². The van der Waals surface area contributed by atoms with Crippen LogP contribution in [0.15, 0.2) is 53.1 Å². The summed E-state index contributed by atoms with van der Waals surface area (Å²) in [7, 11) is 0. The maximum absolute atomic E-state index is 13.0. The first-order valence-electron chi connectivity index (χ1n) is 10.1. The van der Waals surface area contributed by atoms with Crippen LogP contribution in [0.25, 0.3) is 11.3 Å². The molecule has 150 valence electrons. The zero-order valence-electron chi connectivity index (χ0n) is 16.8. The summed E-state index contributed by atoms with van der Waals surface area (Å²) in [6.07, 6.45) is 3.57. The van der Waals surface area contributed by atoms with E-state index in [1.807, 2.05) is 29.2 Å². The normalized spacial score (nSPS) is 16.9. The van der Waals surface area contributed by atoms with Gasteiger partial charge >= 0.3 is 0 Å². The molecule has 1 saturated heterocycles. The Morgan fingerprint density at radius 3 is 2.90 bits per heavy atom. The van der Waals surface area contributed by atoms with Gasteiger partial charge in [0.15, 0.2) is 5.76 Å². The van der Waals surface area contributed by atoms with Gasteiger partial charge < -0.3 is 15.1 Å². The highest BCUT2D eigenvalue weighted by Gasteiger charge is 2.28. The lowest BCUT2D eigenvalue weighted by Crippen LogP contribution is -2.39. The second-order valence-corrected chi connectivity index (χ2v) is 7.87. The number of furan rings is 1. The fraction of sp³-hybridized carbons (Fsp3) is 0.348. The molecule has 2 N–H and O–H groups in total. The summed E-state index contributed by atoms with van der Waals surface area (Å²) in [5.41, 5.74) is 8.84. The molecule has 1 atom stereocenters. The summed E-state index contributed by atoms with van der Waals surface area (Å²) < 4.78 is 5.94. The fourth-order valence-electron chi connectivity index (χ4n) is 3.83. The number of amides is 1. The van der Waals surface area contributed by atoms with Gasteiger partial charge in [-0.25, -0.2) is 9.97 Å². The Morgan fingerprint density at radius 1 is 1.24 bits per heavy atom. The maximum Gasteiger partial charge on any atom is 0.289 e. The molecule has 3 heterocycles. The van der Waals surface area contributed by atoms with Crippen molar-refractivity contribution in [3.63, 3.8) is 0 Å². The molecule has 0 bridgehead atoms. The van der Waals surface area contributed by atoms with Crippen LogP contribution < -0.4 is 5.73 Å². The van der Waals surface area contributed by atoms with Crippen molar-refractivity contribution in [2.45, 2.75) is 38.5 Å². The Kier molecular flexibility index (Phi) is 5.34. The average molecular weight is 390 g/mol. The highest BCUT2D eigenvalue weighted by atomic mass is 16.4. The highest BCUT2D eigenvalue weighted by molar-refractivity contribution is 5.92. The van der Waals surface area contributed by atoms with Gasteiger partial charge in [-0.15, -0.1) is 0 Å². The van der Waals surface area contributed by atoms with E-state index in [1.54, 1.807) is 12.3 Å². The van der Waals surface area contributed by atoms with E-state index in [2.05, 4.69) is 35.9 Å². The summed E-state index contributed by atoms with van der Waals surface area (Å²) >= 11 is 0. The van der Waals surface area contributed by atoms with Crippen LogP contribution in [-0.2, 0) is 0 Å². The first-order chi connectivity index (χ1) is 14.0. The van der Waals surface area contributed by atoms with Gasteiger partial charge in [-0.2, -0.15) is 0 Å². The molecule has 1 aliphatic rings. The Bertz CT molecular complexity index is 1010. The average Bonchev–Trinajstić information content (AvgIpc) is 3.24. The van der Waals surface area contributed by atoms with E-state index >= 15 is 0 Å². The van der Waals surface area contributed by atoms with Crippen LogP contribution in [-0.4, -0.2) is 33.9 Å². The molecule has 0 spiro atoms. The van der Waals surface area contributed by atoms with E-state index in [-0.39, 0.29) is 17.8 Å². The Hall–Kier alpha value is -3.15. The molecule has 1 amide bonds. The second kappa shape index (κ2) is 8.07. The third-order valence-corrected chi connectivity index (χ3v) is 5.48. The molecule has 3 aromatic rings. The second-order valence-electron chi connectivity index (χ2n) is 7.87. The molecule has 2 aromatic heterocycles. The minimum absolute atomic E-state index is 0.0806. The third kappa shape index (κ3) is 4.16. The van der Waals surface area contributed by atoms with Gasteiger partial charge in [0.05, 0.1) is 5.69 Å². The predicted octanol–water partition coefficient (Wildman–Crippen LogP) is 4.46. The van der Waals surface area contributed by atoms with Gasteiger partial charge in [0.2, 0.25) is 5.95 Å². The number of nitrogens with two attached hydrogens (primary N) is 1. The summed E-state index contributed by atoms with van der Waals surface area (Å²) in [5, 5.41) is 0. The van der Waals surface area contributed by atoms with Gasteiger partial charge in [0.1, 0.15) is 5.76 Å². The molecule has 29 heavy (non-hydrogen) atoms. The number of benzene rings is 1. The minimum Gasteiger partial charge on any atom is -0.451 e. The number of carbonyl (C=O) groups excluding carboxylic acids is 1. The van der Waals surface area contributed by atoms with E-state index in [0.29, 0.717) is 24.0 Å². The van der Waals surface area contributed by atoms with Crippen molar-refractivity contribution in [3.05, 3.63) is 65.7 Å². The Balaban J connectivity index is 1.51. The number of anilines is 1. The standard InChI is InChI=1S/C23H26N4O2/c1-15(2)16-5-3-6-17(13-16)20-8-9-21(29-20)22(28)27-12-4-7-18(14-27)19-10-11-25-23(24)26-19/h3,5-6,8-11,13,15,18H,4,7,12,14H2,1-2H3,(H2,24,25,26). The molecular formula is C23H26N4O2. The molecule has 1 fully saturated rings. The SMILES string of the molecule is CC(C)c1cccc(-c2ccc(C(=O)N3CCCC(c4ccnc(N)n4)C3)o2)c1. The number of carbonyl (C=O) groups is 1. The van der Waals surface area contributed by atoms with E-state index in [1.165, 1.54) is 5.56 Å². The van der Waals surface area contributed by atoms with Crippen LogP contribution in [0.4, 0.5) is 5.95 Å². The van der Waals surface area contributed by atoms with Crippen molar-refractivity contribution < 1.29 is 9.21 Å². The molecule has 1 unspecified atom stereocenters. The molecule has 1 aromatic carbocycles. The lowest BCUT2D eigenvalue weighted by atomic mass is 9.94. The van der Waals surface area contributed by atoms with Gasteiger partial charge in [-0.05, 0) is 48.6 Å². The maximum atomic E-state index is 13.0. The molecule has 1 aliphatic heterocycles. The van der Waals surface area contributed by atoms with Crippen LogP contribution in [0.1, 0.15) is 60.3 Å². The number of nitrogens with zero attached hydrogens (tertiary/aromatic N) is 3. The third-order valence-electron chi connectivity index (χ3n) is 5.48. The zero-order valence-corrected chi connectivity index (χ0v) is 16.8. The lowest BCUT2D eigenvalue weighted by molar-refractivity contribution is 0.0674. The van der Waals surface area contributed by atoms with Gasteiger partial charge in [0.25, 0.3) is 5.91 Å². The van der Waals surface area contributed by atoms with Crippen LogP contribution in [0.3, 0.4) is 0 Å². The lowest BCUT2D eigenvalue weighted by Gasteiger charge is -2.31. The number of hydrogen-bond donors (Lipinski definition) is 1. The van der Waals surface area contributed by atoms with Crippen LogP contribution in [0.5, 0.6) is 0 Å². The van der Waals surface area contributed by atoms with Gasteiger partial charge in [0, 0.05) is 30.8 Å². The minimum atomic E-state index is -0.0806. The largest absolute Gasteiger partial charge is 0.451 e. The van der Waals surface area contributed by atoms with E-state index in [4.69, 9.17) is 10.2 Å². The topological polar surface area (TPSA) is 85.2 Å². The fourth-order valence-corrected chi connectivity index (χ4v) is 3.83. The molecule has 0 saturated carbocycles. The summed E-state index contributed by atoms with van der Waals surface area (Å²) in [6.45, 7) is 5.64. The molecule has 0 aliphatic carbocycles. The Morgan fingerprint density at radius 2 is 2.10 bits per heavy atom. The molecule has 6 heteroatoms. The van der Waals surface area contributed by atoms with E-state index < -0.39 is 0 Å². The number of rotatable bonds is 4. The summed E-state index contributed by atoms with van der Waals surface area (Å²) in [4.78, 5) is 23.2. The number of piperidine rings is 1. The van der Waals surface area contributed by atoms with Crippen molar-refractivity contribution >= 4 is 11.9 Å². The quantitative estimate of drug-likeness (QED) is 0.711. The van der Waals surface area contributed by atoms with Gasteiger partial charge in [-0.3, -0.25) is 4.79 Å². The monoisotopic (exact) mass is 390 g/mol. The Labute approximate surface area is 170 Å². The van der Waals surface area contributed by atoms with Crippen molar-refractivity contribution in [2.75, 3.05) is 18.8 Å². The van der Waals surface area contributed by atoms with Crippen molar-refractivity contribution in [1.29, 1.82) is 0 Å². The number of hydrogen-bond acceptors (Lipinski definition) is 5. The summed E-state index contributed by atoms with van der Waals surface area (Å²) in [6, 6.07) is 13.8. The first-order valence-corrected chi connectivity index (χ1v) is 10.1. The van der Waals surface area contributed by atoms with E-state index in [0.717, 1.165) is 30.6 Å². The smallest absolute Gasteiger partial charge is 0.289 e. The molecule has 6 nitrogen and oxygen atoms in total. The number of likely N-dealkylation sites (tertiary alicyclic amines) is 1. The molecular weight excluding hydrogens is 364 g/mol. The predicted molar refractivity (Wildman–Crippen MR) is 113 cm³/mol. The van der Waals surface area contributed by atoms with Crippen molar-refractivity contribution in [2.24, 2.45) is 0 Å². The van der Waals surface area contributed by atoms with Crippen LogP contribution in [0.2, 0.25) is 0 Å².